The van der Waals surface area contributed by atoms with E-state index in [1.54, 1.807) is 30.3 Å². The van der Waals surface area contributed by atoms with E-state index < -0.39 is 5.97 Å². The van der Waals surface area contributed by atoms with Gasteiger partial charge in [-0.25, -0.2) is 4.79 Å². The van der Waals surface area contributed by atoms with E-state index in [9.17, 15) is 9.59 Å². The first-order chi connectivity index (χ1) is 17.0. The summed E-state index contributed by atoms with van der Waals surface area (Å²) in [4.78, 5) is 27.1. The van der Waals surface area contributed by atoms with Gasteiger partial charge >= 0.3 is 5.97 Å². The molecule has 0 spiro atoms. The van der Waals surface area contributed by atoms with E-state index in [0.717, 1.165) is 41.8 Å². The fourth-order valence-corrected chi connectivity index (χ4v) is 4.56. The number of carbonyl (C=O) groups is 2. The molecular formula is C29H27NO5. The second kappa shape index (κ2) is 9.76. The molecule has 0 atom stereocenters. The Morgan fingerprint density at radius 1 is 1.11 bits per heavy atom. The highest BCUT2D eigenvalue weighted by molar-refractivity contribution is 6.16. The molecule has 0 saturated heterocycles. The zero-order valence-corrected chi connectivity index (χ0v) is 19.9. The van der Waals surface area contributed by atoms with Crippen LogP contribution in [0.3, 0.4) is 0 Å². The smallest absolute Gasteiger partial charge is 0.337 e. The van der Waals surface area contributed by atoms with Gasteiger partial charge in [0.2, 0.25) is 5.78 Å². The number of hydrogen-bond donors (Lipinski definition) is 0. The van der Waals surface area contributed by atoms with Crippen LogP contribution < -0.4 is 9.47 Å². The summed E-state index contributed by atoms with van der Waals surface area (Å²) in [5.74, 6) is 1.09. The Kier molecular flexibility index (Phi) is 6.38. The first kappa shape index (κ1) is 22.9. The lowest BCUT2D eigenvalue weighted by Gasteiger charge is -2.30. The molecule has 35 heavy (non-hydrogen) atoms. The van der Waals surface area contributed by atoms with Gasteiger partial charge in [-0.3, -0.25) is 9.69 Å². The summed E-state index contributed by atoms with van der Waals surface area (Å²) in [6, 6.07) is 19.2. The van der Waals surface area contributed by atoms with Crippen molar-refractivity contribution < 1.29 is 23.8 Å². The summed E-state index contributed by atoms with van der Waals surface area (Å²) in [5.41, 5.74) is 4.88. The zero-order valence-electron chi connectivity index (χ0n) is 19.9. The Bertz CT molecular complexity index is 1290. The standard InChI is InChI=1S/C29H27NO5/c1-19-15-24-23(17-30(18-34-24)14-6-9-20-7-4-3-5-8-20)28-26(19)27(31)25(35-28)16-21-10-12-22(13-11-21)29(32)33-2/h3-5,7-8,10-13,15-16H,6,9,14,17-18H2,1-2H3/b25-16-. The Hall–Kier alpha value is -3.90. The van der Waals surface area contributed by atoms with Crippen LogP contribution in [-0.2, 0) is 17.7 Å². The highest BCUT2D eigenvalue weighted by Crippen LogP contribution is 2.44. The molecule has 0 radical (unpaired) electrons. The van der Waals surface area contributed by atoms with Crippen LogP contribution in [0, 0.1) is 6.92 Å². The van der Waals surface area contributed by atoms with Crippen LogP contribution >= 0.6 is 0 Å². The molecule has 0 bridgehead atoms. The van der Waals surface area contributed by atoms with Gasteiger partial charge in [0, 0.05) is 13.1 Å². The van der Waals surface area contributed by atoms with E-state index >= 15 is 0 Å². The van der Waals surface area contributed by atoms with Crippen LogP contribution in [0.15, 0.2) is 66.4 Å². The number of aryl methyl sites for hydroxylation is 2. The minimum atomic E-state index is -0.402. The lowest BCUT2D eigenvalue weighted by atomic mass is 9.98. The molecule has 2 aliphatic rings. The van der Waals surface area contributed by atoms with Crippen LogP contribution in [0.25, 0.3) is 6.08 Å². The van der Waals surface area contributed by atoms with Gasteiger partial charge in [0.1, 0.15) is 18.2 Å². The second-order valence-electron chi connectivity index (χ2n) is 8.84. The minimum absolute atomic E-state index is 0.140. The van der Waals surface area contributed by atoms with Gasteiger partial charge in [-0.15, -0.1) is 0 Å². The van der Waals surface area contributed by atoms with E-state index in [4.69, 9.17) is 14.2 Å². The van der Waals surface area contributed by atoms with Crippen LogP contribution in [0.1, 0.15) is 49.4 Å². The molecule has 6 heteroatoms. The predicted molar refractivity (Wildman–Crippen MR) is 133 cm³/mol. The van der Waals surface area contributed by atoms with Gasteiger partial charge < -0.3 is 14.2 Å². The van der Waals surface area contributed by atoms with E-state index in [2.05, 4.69) is 29.2 Å². The molecule has 0 aliphatic carbocycles. The third-order valence-electron chi connectivity index (χ3n) is 6.40. The maximum atomic E-state index is 13.2. The highest BCUT2D eigenvalue weighted by Gasteiger charge is 2.35. The Morgan fingerprint density at radius 3 is 2.63 bits per heavy atom. The van der Waals surface area contributed by atoms with Gasteiger partial charge in [0.05, 0.1) is 23.8 Å². The van der Waals surface area contributed by atoms with Gasteiger partial charge in [0.15, 0.2) is 5.76 Å². The number of fused-ring (bicyclic) bond motifs is 3. The van der Waals surface area contributed by atoms with E-state index in [1.807, 2.05) is 19.1 Å². The molecule has 6 nitrogen and oxygen atoms in total. The number of ketones is 1. The molecule has 0 saturated carbocycles. The van der Waals surface area contributed by atoms with Gasteiger partial charge in [-0.05, 0) is 60.7 Å². The van der Waals surface area contributed by atoms with Crippen molar-refractivity contribution in [2.45, 2.75) is 26.3 Å². The van der Waals surface area contributed by atoms with Crippen LogP contribution in [0.5, 0.6) is 11.5 Å². The number of ether oxygens (including phenoxy) is 3. The number of Topliss-reactive ketones (excluding diaryl/α,β-unsaturated/α-hetero) is 1. The maximum absolute atomic E-state index is 13.2. The van der Waals surface area contributed by atoms with E-state index in [1.165, 1.54) is 12.7 Å². The molecule has 5 rings (SSSR count). The van der Waals surface area contributed by atoms with Crippen molar-refractivity contribution in [1.29, 1.82) is 0 Å². The lowest BCUT2D eigenvalue weighted by molar-refractivity contribution is 0.0600. The van der Waals surface area contributed by atoms with Crippen LogP contribution in [0.4, 0.5) is 0 Å². The van der Waals surface area contributed by atoms with Gasteiger partial charge in [0.25, 0.3) is 0 Å². The molecule has 0 amide bonds. The average molecular weight is 470 g/mol. The molecule has 3 aromatic carbocycles. The first-order valence-electron chi connectivity index (χ1n) is 11.7. The number of allylic oxidation sites excluding steroid dienone is 1. The monoisotopic (exact) mass is 469 g/mol. The molecule has 0 fully saturated rings. The first-order valence-corrected chi connectivity index (χ1v) is 11.7. The summed E-state index contributed by atoms with van der Waals surface area (Å²) in [7, 11) is 1.34. The second-order valence-corrected chi connectivity index (χ2v) is 8.84. The topological polar surface area (TPSA) is 65.1 Å². The molecular weight excluding hydrogens is 442 g/mol. The Morgan fingerprint density at radius 2 is 1.89 bits per heavy atom. The van der Waals surface area contributed by atoms with E-state index in [-0.39, 0.29) is 11.5 Å². The van der Waals surface area contributed by atoms with Gasteiger partial charge in [-0.2, -0.15) is 0 Å². The van der Waals surface area contributed by atoms with Crippen molar-refractivity contribution in [3.05, 3.63) is 99.8 Å². The minimum Gasteiger partial charge on any atom is -0.478 e. The quantitative estimate of drug-likeness (QED) is 0.366. The van der Waals surface area contributed by atoms with Crippen molar-refractivity contribution in [3.8, 4) is 11.5 Å². The van der Waals surface area contributed by atoms with Crippen LogP contribution in [0.2, 0.25) is 0 Å². The summed E-state index contributed by atoms with van der Waals surface area (Å²) in [6.45, 7) is 3.98. The zero-order chi connectivity index (χ0) is 24.4. The number of esters is 1. The lowest BCUT2D eigenvalue weighted by Crippen LogP contribution is -2.33. The summed E-state index contributed by atoms with van der Waals surface area (Å²) in [5, 5.41) is 0. The van der Waals surface area contributed by atoms with Gasteiger partial charge in [-0.1, -0.05) is 42.5 Å². The number of benzene rings is 3. The van der Waals surface area contributed by atoms with Crippen molar-refractivity contribution in [1.82, 2.24) is 4.90 Å². The molecule has 0 unspecified atom stereocenters. The fraction of sp³-hybridized carbons (Fsp3) is 0.241. The Labute approximate surface area is 204 Å². The Balaban J connectivity index is 1.33. The van der Waals surface area contributed by atoms with Crippen molar-refractivity contribution in [3.63, 3.8) is 0 Å². The number of methoxy groups -OCH3 is 1. The molecule has 2 aliphatic heterocycles. The van der Waals surface area contributed by atoms with Crippen LogP contribution in [-0.4, -0.2) is 37.0 Å². The van der Waals surface area contributed by atoms with Crippen molar-refractivity contribution >= 4 is 17.8 Å². The molecule has 178 valence electrons. The summed E-state index contributed by atoms with van der Waals surface area (Å²) < 4.78 is 16.9. The van der Waals surface area contributed by atoms with Crippen molar-refractivity contribution in [2.24, 2.45) is 0 Å². The molecule has 0 aromatic heterocycles. The number of rotatable bonds is 6. The maximum Gasteiger partial charge on any atom is 0.337 e. The predicted octanol–water partition coefficient (Wildman–Crippen LogP) is 5.18. The summed E-state index contributed by atoms with van der Waals surface area (Å²) in [6.07, 6.45) is 3.73. The fourth-order valence-electron chi connectivity index (χ4n) is 4.56. The average Bonchev–Trinajstić information content (AvgIpc) is 3.21. The highest BCUT2D eigenvalue weighted by atomic mass is 16.5. The molecule has 3 aromatic rings. The number of nitrogens with zero attached hydrogens (tertiary/aromatic N) is 1. The number of hydrogen-bond acceptors (Lipinski definition) is 6. The third kappa shape index (κ3) is 4.70. The largest absolute Gasteiger partial charge is 0.478 e. The molecule has 0 N–H and O–H groups in total. The number of carbonyl (C=O) groups excluding carboxylic acids is 2. The third-order valence-corrected chi connectivity index (χ3v) is 6.40. The van der Waals surface area contributed by atoms with E-state index in [0.29, 0.717) is 30.2 Å². The molecule has 2 heterocycles. The normalized spacial score (nSPS) is 15.8. The SMILES string of the molecule is COC(=O)c1ccc(/C=C2\Oc3c4c(cc(C)c3C2=O)OCN(CCCc2ccccc2)C4)cc1. The summed E-state index contributed by atoms with van der Waals surface area (Å²) >= 11 is 0. The van der Waals surface area contributed by atoms with Crippen molar-refractivity contribution in [2.75, 3.05) is 20.4 Å².